The molecule has 1 amide bonds. The molecule has 0 spiro atoms. The summed E-state index contributed by atoms with van der Waals surface area (Å²) in [5.74, 6) is -0.221. The van der Waals surface area contributed by atoms with Crippen LogP contribution in [0.1, 0.15) is 22.1 Å². The van der Waals surface area contributed by atoms with Gasteiger partial charge in [-0.25, -0.2) is 0 Å². The van der Waals surface area contributed by atoms with Gasteiger partial charge in [-0.05, 0) is 17.7 Å². The van der Waals surface area contributed by atoms with E-state index in [2.05, 4.69) is 20.5 Å². The van der Waals surface area contributed by atoms with Crippen molar-refractivity contribution < 1.29 is 4.79 Å². The summed E-state index contributed by atoms with van der Waals surface area (Å²) in [5, 5.41) is 11.2. The normalized spacial score (nSPS) is 11.8. The molecule has 0 aliphatic carbocycles. The van der Waals surface area contributed by atoms with Crippen LogP contribution in [0.5, 0.6) is 0 Å². The topological polar surface area (TPSA) is 72.7 Å². The number of benzene rings is 1. The Labute approximate surface area is 127 Å². The summed E-state index contributed by atoms with van der Waals surface area (Å²) in [4.78, 5) is 18.0. The van der Waals surface area contributed by atoms with Crippen LogP contribution in [-0.2, 0) is 6.54 Å². The first kappa shape index (κ1) is 13.9. The van der Waals surface area contributed by atoms with Crippen LogP contribution in [0.4, 0.5) is 0 Å². The van der Waals surface area contributed by atoms with Crippen LogP contribution in [0.15, 0.2) is 67.1 Å². The van der Waals surface area contributed by atoms with E-state index < -0.39 is 0 Å². The van der Waals surface area contributed by atoms with Gasteiger partial charge in [-0.3, -0.25) is 9.78 Å². The number of hydrogen-bond donors (Lipinski definition) is 1. The van der Waals surface area contributed by atoms with E-state index in [4.69, 9.17) is 0 Å². The summed E-state index contributed by atoms with van der Waals surface area (Å²) in [5.41, 5.74) is 1.38. The van der Waals surface area contributed by atoms with Gasteiger partial charge in [0.25, 0.3) is 5.91 Å². The summed E-state index contributed by atoms with van der Waals surface area (Å²) in [6.45, 7) is 0.454. The van der Waals surface area contributed by atoms with Gasteiger partial charge in [0, 0.05) is 6.20 Å². The fraction of sp³-hybridized carbons (Fsp3) is 0.125. The van der Waals surface area contributed by atoms with Crippen LogP contribution >= 0.6 is 0 Å². The predicted molar refractivity (Wildman–Crippen MR) is 80.9 cm³/mol. The van der Waals surface area contributed by atoms with Gasteiger partial charge in [0.05, 0.1) is 25.0 Å². The average molecular weight is 293 g/mol. The predicted octanol–water partition coefficient (Wildman–Crippen LogP) is 1.84. The van der Waals surface area contributed by atoms with Crippen molar-refractivity contribution in [2.75, 3.05) is 0 Å². The monoisotopic (exact) mass is 293 g/mol. The second-order valence-corrected chi connectivity index (χ2v) is 4.74. The first-order valence-corrected chi connectivity index (χ1v) is 6.94. The molecular weight excluding hydrogens is 278 g/mol. The molecule has 0 bridgehead atoms. The van der Waals surface area contributed by atoms with Gasteiger partial charge in [-0.15, -0.1) is 0 Å². The van der Waals surface area contributed by atoms with Crippen LogP contribution in [0.25, 0.3) is 0 Å². The quantitative estimate of drug-likeness (QED) is 0.779. The van der Waals surface area contributed by atoms with Gasteiger partial charge in [0.2, 0.25) is 0 Å². The smallest absolute Gasteiger partial charge is 0.270 e. The molecule has 2 heterocycles. The van der Waals surface area contributed by atoms with Crippen molar-refractivity contribution >= 4 is 5.91 Å². The molecule has 3 aromatic rings. The van der Waals surface area contributed by atoms with Gasteiger partial charge >= 0.3 is 0 Å². The van der Waals surface area contributed by atoms with Crippen molar-refractivity contribution in [2.24, 2.45) is 0 Å². The zero-order valence-electron chi connectivity index (χ0n) is 11.8. The maximum Gasteiger partial charge on any atom is 0.270 e. The molecule has 2 aromatic heterocycles. The lowest BCUT2D eigenvalue weighted by Gasteiger charge is -2.18. The molecule has 1 aromatic carbocycles. The Hall–Kier alpha value is -3.02. The van der Waals surface area contributed by atoms with E-state index in [0.717, 1.165) is 5.56 Å². The highest BCUT2D eigenvalue weighted by Gasteiger charge is 2.17. The molecule has 3 rings (SSSR count). The van der Waals surface area contributed by atoms with Gasteiger partial charge in [0.15, 0.2) is 0 Å². The molecule has 0 radical (unpaired) electrons. The molecule has 22 heavy (non-hydrogen) atoms. The van der Waals surface area contributed by atoms with Crippen LogP contribution < -0.4 is 5.32 Å². The molecule has 1 atom stereocenters. The van der Waals surface area contributed by atoms with Gasteiger partial charge in [-0.1, -0.05) is 36.4 Å². The number of amides is 1. The summed E-state index contributed by atoms with van der Waals surface area (Å²) < 4.78 is 0. The van der Waals surface area contributed by atoms with Crippen molar-refractivity contribution in [1.29, 1.82) is 0 Å². The summed E-state index contributed by atoms with van der Waals surface area (Å²) in [7, 11) is 0. The summed E-state index contributed by atoms with van der Waals surface area (Å²) >= 11 is 0. The van der Waals surface area contributed by atoms with E-state index >= 15 is 0 Å². The third-order valence-corrected chi connectivity index (χ3v) is 3.22. The zero-order valence-corrected chi connectivity index (χ0v) is 11.8. The van der Waals surface area contributed by atoms with Crippen LogP contribution in [0.2, 0.25) is 0 Å². The molecule has 1 unspecified atom stereocenters. The van der Waals surface area contributed by atoms with Gasteiger partial charge in [-0.2, -0.15) is 15.0 Å². The van der Waals surface area contributed by atoms with Crippen molar-refractivity contribution in [3.63, 3.8) is 0 Å². The number of carbonyl (C=O) groups excluding carboxylic acids is 1. The fourth-order valence-electron chi connectivity index (χ4n) is 2.15. The lowest BCUT2D eigenvalue weighted by molar-refractivity contribution is 0.0925. The number of nitrogens with zero attached hydrogens (tertiary/aromatic N) is 4. The van der Waals surface area contributed by atoms with Crippen LogP contribution in [-0.4, -0.2) is 25.9 Å². The van der Waals surface area contributed by atoms with E-state index in [1.165, 1.54) is 0 Å². The number of aromatic nitrogens is 4. The SMILES string of the molecule is O=C(NC(Cn1nccn1)c1ccccc1)c1ccccn1. The molecule has 6 nitrogen and oxygen atoms in total. The number of nitrogens with one attached hydrogen (secondary N) is 1. The zero-order chi connectivity index (χ0) is 15.2. The minimum absolute atomic E-state index is 0.221. The van der Waals surface area contributed by atoms with E-state index in [0.29, 0.717) is 12.2 Å². The number of hydrogen-bond acceptors (Lipinski definition) is 4. The molecule has 1 N–H and O–H groups in total. The maximum absolute atomic E-state index is 12.3. The largest absolute Gasteiger partial charge is 0.342 e. The Morgan fingerprint density at radius 3 is 2.41 bits per heavy atom. The van der Waals surface area contributed by atoms with E-state index in [-0.39, 0.29) is 11.9 Å². The Bertz CT molecular complexity index is 713. The van der Waals surface area contributed by atoms with Gasteiger partial charge in [0.1, 0.15) is 5.69 Å². The summed E-state index contributed by atoms with van der Waals surface area (Å²) in [6.07, 6.45) is 4.83. The standard InChI is InChI=1S/C16H15N5O/c22-16(14-8-4-5-9-17-14)20-15(12-21-18-10-11-19-21)13-6-2-1-3-7-13/h1-11,15H,12H2,(H,20,22). The molecule has 110 valence electrons. The second-order valence-electron chi connectivity index (χ2n) is 4.74. The minimum atomic E-state index is -0.233. The van der Waals surface area contributed by atoms with Crippen LogP contribution in [0.3, 0.4) is 0 Å². The third kappa shape index (κ3) is 3.35. The Morgan fingerprint density at radius 1 is 1.00 bits per heavy atom. The number of pyridine rings is 1. The molecule has 0 aliphatic heterocycles. The molecule has 6 heteroatoms. The second kappa shape index (κ2) is 6.62. The third-order valence-electron chi connectivity index (χ3n) is 3.22. The molecule has 0 saturated carbocycles. The van der Waals surface area contributed by atoms with Crippen molar-refractivity contribution in [1.82, 2.24) is 25.3 Å². The van der Waals surface area contributed by atoms with Crippen molar-refractivity contribution in [3.8, 4) is 0 Å². The van der Waals surface area contributed by atoms with Crippen molar-refractivity contribution in [3.05, 3.63) is 78.4 Å². The maximum atomic E-state index is 12.3. The van der Waals surface area contributed by atoms with E-state index in [1.807, 2.05) is 30.3 Å². The highest BCUT2D eigenvalue weighted by molar-refractivity contribution is 5.92. The molecule has 0 saturated heterocycles. The summed E-state index contributed by atoms with van der Waals surface area (Å²) in [6, 6.07) is 14.8. The van der Waals surface area contributed by atoms with Gasteiger partial charge < -0.3 is 5.32 Å². The first-order valence-electron chi connectivity index (χ1n) is 6.94. The first-order chi connectivity index (χ1) is 10.8. The lowest BCUT2D eigenvalue weighted by atomic mass is 10.1. The van der Waals surface area contributed by atoms with Crippen LogP contribution in [0, 0.1) is 0 Å². The van der Waals surface area contributed by atoms with E-state index in [1.54, 1.807) is 41.6 Å². The highest BCUT2D eigenvalue weighted by atomic mass is 16.1. The Kier molecular flexibility index (Phi) is 4.20. The van der Waals surface area contributed by atoms with Crippen molar-refractivity contribution in [2.45, 2.75) is 12.6 Å². The molecule has 0 fully saturated rings. The Balaban J connectivity index is 1.81. The minimum Gasteiger partial charge on any atom is -0.342 e. The Morgan fingerprint density at radius 2 is 1.73 bits per heavy atom. The fourth-order valence-corrected chi connectivity index (χ4v) is 2.15. The number of carbonyl (C=O) groups is 1. The average Bonchev–Trinajstić information content (AvgIpc) is 3.09. The highest BCUT2D eigenvalue weighted by Crippen LogP contribution is 2.15. The lowest BCUT2D eigenvalue weighted by Crippen LogP contribution is -2.32. The number of rotatable bonds is 5. The molecule has 0 aliphatic rings. The molecular formula is C16H15N5O. The van der Waals surface area contributed by atoms with E-state index in [9.17, 15) is 4.79 Å².